The van der Waals surface area contributed by atoms with Crippen LogP contribution in [0.3, 0.4) is 0 Å². The number of amidine groups is 1. The van der Waals surface area contributed by atoms with Crippen LogP contribution in [0.4, 0.5) is 8.78 Å². The first-order valence-electron chi connectivity index (χ1n) is 11.8. The van der Waals surface area contributed by atoms with E-state index in [4.69, 9.17) is 15.2 Å². The maximum atomic E-state index is 15.1. The smallest absolute Gasteiger partial charge is 0.232 e. The third-order valence-electron chi connectivity index (χ3n) is 6.88. The van der Waals surface area contributed by atoms with Crippen LogP contribution in [-0.4, -0.2) is 39.4 Å². The van der Waals surface area contributed by atoms with Gasteiger partial charge in [-0.2, -0.15) is 0 Å². The van der Waals surface area contributed by atoms with Crippen molar-refractivity contribution in [2.75, 3.05) is 13.7 Å². The Labute approximate surface area is 217 Å². The Morgan fingerprint density at radius 2 is 1.95 bits per heavy atom. The number of halogens is 2. The van der Waals surface area contributed by atoms with Crippen molar-refractivity contribution >= 4 is 22.7 Å². The van der Waals surface area contributed by atoms with Gasteiger partial charge in [-0.25, -0.2) is 18.7 Å². The molecule has 7 nitrogen and oxygen atoms in total. The van der Waals surface area contributed by atoms with E-state index in [1.807, 2.05) is 30.3 Å². The van der Waals surface area contributed by atoms with Crippen molar-refractivity contribution in [1.82, 2.24) is 9.97 Å². The minimum absolute atomic E-state index is 0.0774. The van der Waals surface area contributed by atoms with Crippen molar-refractivity contribution in [3.8, 4) is 5.88 Å². The Hall–Kier alpha value is -3.37. The lowest BCUT2D eigenvalue weighted by Crippen LogP contribution is -2.38. The molecule has 3 aromatic rings. The summed E-state index contributed by atoms with van der Waals surface area (Å²) in [6.45, 7) is 2.50. The van der Waals surface area contributed by atoms with Gasteiger partial charge in [0, 0.05) is 25.0 Å². The number of nitrogens with two attached hydrogens (primary N) is 1. The predicted molar refractivity (Wildman–Crippen MR) is 136 cm³/mol. The second kappa shape index (κ2) is 9.83. The van der Waals surface area contributed by atoms with E-state index in [0.717, 1.165) is 11.6 Å². The zero-order valence-electron chi connectivity index (χ0n) is 20.4. The van der Waals surface area contributed by atoms with Crippen LogP contribution in [-0.2, 0) is 23.3 Å². The highest BCUT2D eigenvalue weighted by Crippen LogP contribution is 2.66. The molecule has 3 atom stereocenters. The number of aliphatic imine (C=N–C) groups is 1. The molecule has 37 heavy (non-hydrogen) atoms. The molecule has 0 saturated heterocycles. The summed E-state index contributed by atoms with van der Waals surface area (Å²) >= 11 is 1.42. The Kier molecular flexibility index (Phi) is 6.72. The summed E-state index contributed by atoms with van der Waals surface area (Å²) < 4.78 is 40.5. The van der Waals surface area contributed by atoms with Crippen LogP contribution >= 0.6 is 11.8 Å². The minimum Gasteiger partial charge on any atom is -0.472 e. The van der Waals surface area contributed by atoms with E-state index in [1.54, 1.807) is 14.0 Å². The highest BCUT2D eigenvalue weighted by Gasteiger charge is 2.66. The minimum atomic E-state index is -1.07. The number of carbonyl (C=O) groups is 1. The average molecular weight is 525 g/mol. The molecule has 1 aliphatic heterocycles. The lowest BCUT2D eigenvalue weighted by molar-refractivity contribution is 0.0987. The van der Waals surface area contributed by atoms with Gasteiger partial charge in [-0.05, 0) is 36.6 Å². The molecule has 1 aliphatic carbocycles. The van der Waals surface area contributed by atoms with Crippen LogP contribution in [0, 0.1) is 17.6 Å². The number of ether oxygens (including phenoxy) is 2. The summed E-state index contributed by atoms with van der Waals surface area (Å²) in [5, 5.41) is 0.305. The number of Topliss-reactive ketones (excluding diaryl/α,β-unsaturated/α-hetero) is 1. The van der Waals surface area contributed by atoms with Gasteiger partial charge in [0.2, 0.25) is 5.88 Å². The van der Waals surface area contributed by atoms with Gasteiger partial charge < -0.3 is 15.2 Å². The number of carbonyl (C=O) groups excluding carboxylic acids is 1. The summed E-state index contributed by atoms with van der Waals surface area (Å²) in [4.78, 5) is 25.7. The van der Waals surface area contributed by atoms with Crippen molar-refractivity contribution in [1.29, 1.82) is 0 Å². The van der Waals surface area contributed by atoms with Gasteiger partial charge in [0.15, 0.2) is 22.6 Å². The molecule has 2 aliphatic rings. The Balaban J connectivity index is 1.33. The van der Waals surface area contributed by atoms with Gasteiger partial charge in [0.1, 0.15) is 12.3 Å². The summed E-state index contributed by atoms with van der Waals surface area (Å²) in [7, 11) is 1.60. The van der Waals surface area contributed by atoms with E-state index < -0.39 is 17.2 Å². The quantitative estimate of drug-likeness (QED) is 0.413. The molecule has 0 radical (unpaired) electrons. The van der Waals surface area contributed by atoms with Crippen molar-refractivity contribution in [3.05, 3.63) is 88.9 Å². The average Bonchev–Trinajstić information content (AvgIpc) is 3.60. The predicted octanol–water partition coefficient (Wildman–Crippen LogP) is 4.44. The first-order valence-corrected chi connectivity index (χ1v) is 12.6. The number of hydrogen-bond acceptors (Lipinski definition) is 8. The zero-order chi connectivity index (χ0) is 26.2. The lowest BCUT2D eigenvalue weighted by Gasteiger charge is -2.34. The molecule has 10 heteroatoms. The van der Waals surface area contributed by atoms with Gasteiger partial charge in [0.25, 0.3) is 0 Å². The van der Waals surface area contributed by atoms with E-state index in [9.17, 15) is 9.18 Å². The second-order valence-corrected chi connectivity index (χ2v) is 10.9. The normalized spacial score (nSPS) is 24.2. The van der Waals surface area contributed by atoms with Crippen molar-refractivity contribution in [2.45, 2.75) is 36.7 Å². The maximum Gasteiger partial charge on any atom is 0.232 e. The monoisotopic (exact) mass is 524 g/mol. The summed E-state index contributed by atoms with van der Waals surface area (Å²) in [6.07, 6.45) is 3.22. The van der Waals surface area contributed by atoms with Crippen molar-refractivity contribution in [2.24, 2.45) is 16.6 Å². The fourth-order valence-electron chi connectivity index (χ4n) is 4.99. The van der Waals surface area contributed by atoms with Crippen LogP contribution in [0.15, 0.2) is 59.9 Å². The molecular weight excluding hydrogens is 498 g/mol. The van der Waals surface area contributed by atoms with E-state index in [-0.39, 0.29) is 40.0 Å². The number of fused-ring (bicyclic) bond motifs is 1. The number of methoxy groups -OCH3 is 1. The molecule has 0 bridgehead atoms. The third-order valence-corrected chi connectivity index (χ3v) is 8.16. The van der Waals surface area contributed by atoms with Gasteiger partial charge >= 0.3 is 0 Å². The largest absolute Gasteiger partial charge is 0.472 e. The zero-order valence-corrected chi connectivity index (χ0v) is 21.2. The van der Waals surface area contributed by atoms with E-state index in [0.29, 0.717) is 30.4 Å². The fourth-order valence-corrected chi connectivity index (χ4v) is 6.44. The highest BCUT2D eigenvalue weighted by molar-refractivity contribution is 8.15. The standard InChI is InChI=1S/C27H26F2N4O3S/c1-26(22-11-27(22,15-35-2)37-25(30)33-26)18-8-17(9-19(28)24(18)29)10-21(34)20-12-32-23(13-31-20)36-14-16-6-4-3-5-7-16/h3-9,12-13,22H,10-11,14-15H2,1-2H3,(H2,30,33)/t22-,26+,27+/m0/s1. The molecule has 2 N–H and O–H groups in total. The van der Waals surface area contributed by atoms with E-state index >= 15 is 4.39 Å². The molecule has 0 spiro atoms. The van der Waals surface area contributed by atoms with Crippen molar-refractivity contribution in [3.63, 3.8) is 0 Å². The number of nitrogens with zero attached hydrogens (tertiary/aromatic N) is 3. The number of rotatable bonds is 9. The molecule has 5 rings (SSSR count). The lowest BCUT2D eigenvalue weighted by atomic mass is 9.84. The third kappa shape index (κ3) is 4.95. The van der Waals surface area contributed by atoms with Crippen LogP contribution in [0.2, 0.25) is 0 Å². The molecule has 0 unspecified atom stereocenters. The van der Waals surface area contributed by atoms with Gasteiger partial charge in [-0.3, -0.25) is 9.79 Å². The first-order chi connectivity index (χ1) is 17.7. The number of benzene rings is 2. The van der Waals surface area contributed by atoms with Crippen LogP contribution in [0.25, 0.3) is 0 Å². The van der Waals surface area contributed by atoms with Crippen LogP contribution < -0.4 is 10.5 Å². The van der Waals surface area contributed by atoms with Gasteiger partial charge in [-0.15, -0.1) is 0 Å². The summed E-state index contributed by atoms with van der Waals surface area (Å²) in [6, 6.07) is 12.1. The topological polar surface area (TPSA) is 99.7 Å². The van der Waals surface area contributed by atoms with Crippen molar-refractivity contribution < 1.29 is 23.0 Å². The molecule has 2 heterocycles. The molecule has 2 aromatic carbocycles. The number of aromatic nitrogens is 2. The second-order valence-electron chi connectivity index (χ2n) is 9.51. The molecule has 1 fully saturated rings. The molecule has 0 amide bonds. The van der Waals surface area contributed by atoms with Crippen LogP contribution in [0.1, 0.15) is 40.5 Å². The number of thioether (sulfide) groups is 1. The summed E-state index contributed by atoms with van der Waals surface area (Å²) in [5.41, 5.74) is 6.49. The van der Waals surface area contributed by atoms with Gasteiger partial charge in [-0.1, -0.05) is 42.1 Å². The first kappa shape index (κ1) is 25.3. The molecule has 1 aromatic heterocycles. The van der Waals surface area contributed by atoms with E-state index in [2.05, 4.69) is 15.0 Å². The Morgan fingerprint density at radius 3 is 2.65 bits per heavy atom. The maximum absolute atomic E-state index is 15.1. The molecule has 192 valence electrons. The van der Waals surface area contributed by atoms with Crippen LogP contribution in [0.5, 0.6) is 5.88 Å². The molecule has 1 saturated carbocycles. The highest BCUT2D eigenvalue weighted by atomic mass is 32.2. The Morgan fingerprint density at radius 1 is 1.16 bits per heavy atom. The number of hydrogen-bond donors (Lipinski definition) is 1. The fraction of sp³-hybridized carbons (Fsp3) is 0.333. The van der Waals surface area contributed by atoms with E-state index in [1.165, 1.54) is 30.2 Å². The summed E-state index contributed by atoms with van der Waals surface area (Å²) in [5.74, 6) is -2.21. The Bertz CT molecular complexity index is 1360. The SMILES string of the molecule is COC[C@]12C[C@H]1[C@@](C)(c1cc(CC(=O)c3cnc(OCc4ccccc4)cn3)cc(F)c1F)N=C(N)S2. The molecular formula is C27H26F2N4O3S. The number of ketones is 1. The van der Waals surface area contributed by atoms with Gasteiger partial charge in [0.05, 0.1) is 29.3 Å².